The highest BCUT2D eigenvalue weighted by atomic mass is 32.2. The number of aromatic nitrogens is 4. The van der Waals surface area contributed by atoms with E-state index in [2.05, 4.69) is 19.9 Å². The molecule has 0 bridgehead atoms. The molecule has 0 aromatic carbocycles. The molecule has 1 aliphatic heterocycles. The van der Waals surface area contributed by atoms with Gasteiger partial charge in [0, 0.05) is 0 Å². The zero-order valence-electron chi connectivity index (χ0n) is 11.2. The van der Waals surface area contributed by atoms with Gasteiger partial charge in [0.2, 0.25) is 0 Å². The fourth-order valence-corrected chi connectivity index (χ4v) is 2.33. The molecule has 116 valence electrons. The fourth-order valence-electron chi connectivity index (χ4n) is 1.82. The maximum Gasteiger partial charge on any atom is 0.181 e. The molecule has 1 fully saturated rings. The molecule has 6 N–H and O–H groups in total. The van der Waals surface area contributed by atoms with Crippen LogP contribution < -0.4 is 5.73 Å². The summed E-state index contributed by atoms with van der Waals surface area (Å²) in [6.07, 6.45) is 1.04. The Hall–Kier alpha value is -1.30. The molecule has 0 saturated carbocycles. The monoisotopic (exact) mass is 315 g/mol. The molecule has 1 aliphatic rings. The predicted octanol–water partition coefficient (Wildman–Crippen LogP) is -1.54. The van der Waals surface area contributed by atoms with Crippen molar-refractivity contribution in [3.8, 4) is 0 Å². The van der Waals surface area contributed by atoms with Gasteiger partial charge in [-0.05, 0) is 6.26 Å². The summed E-state index contributed by atoms with van der Waals surface area (Å²) in [5.41, 5.74) is 6.65. The quantitative estimate of drug-likeness (QED) is 0.252. The van der Waals surface area contributed by atoms with Crippen LogP contribution in [0.3, 0.4) is 0 Å². The highest BCUT2D eigenvalue weighted by Crippen LogP contribution is 2.18. The molecule has 1 saturated heterocycles. The number of fused-ring (bicyclic) bond motifs is 1. The van der Waals surface area contributed by atoms with Crippen molar-refractivity contribution in [1.82, 2.24) is 19.9 Å². The van der Waals surface area contributed by atoms with Crippen LogP contribution in [0, 0.1) is 0 Å². The lowest BCUT2D eigenvalue weighted by atomic mass is 10.1. The van der Waals surface area contributed by atoms with Crippen LogP contribution in [-0.4, -0.2) is 72.7 Å². The van der Waals surface area contributed by atoms with Crippen molar-refractivity contribution in [2.75, 3.05) is 12.9 Å². The van der Waals surface area contributed by atoms with Crippen molar-refractivity contribution in [3.05, 3.63) is 12.7 Å². The minimum Gasteiger partial charge on any atom is -0.388 e. The van der Waals surface area contributed by atoms with Crippen molar-refractivity contribution in [1.29, 1.82) is 0 Å². The molecule has 9 nitrogen and oxygen atoms in total. The number of imidazole rings is 1. The lowest BCUT2D eigenvalue weighted by Gasteiger charge is -2.16. The molecule has 0 radical (unpaired) electrons. The third kappa shape index (κ3) is 3.67. The number of nitrogens with one attached hydrogen (secondary N) is 1. The summed E-state index contributed by atoms with van der Waals surface area (Å²) in [4.78, 5) is 15.1. The van der Waals surface area contributed by atoms with Crippen molar-refractivity contribution >= 4 is 22.9 Å². The first-order valence-corrected chi connectivity index (χ1v) is 7.36. The molecule has 0 amide bonds. The van der Waals surface area contributed by atoms with Gasteiger partial charge >= 0.3 is 0 Å². The number of H-pyrrole nitrogens is 1. The smallest absolute Gasteiger partial charge is 0.181 e. The summed E-state index contributed by atoms with van der Waals surface area (Å²) in [7, 11) is 0. The first-order valence-electron chi connectivity index (χ1n) is 6.14. The molecule has 2 aromatic rings. The third-order valence-corrected chi connectivity index (χ3v) is 3.60. The molecule has 0 spiro atoms. The predicted molar refractivity (Wildman–Crippen MR) is 75.4 cm³/mol. The topological polar surface area (TPSA) is 150 Å². The summed E-state index contributed by atoms with van der Waals surface area (Å²) in [5.74, 6) is 0. The average molecular weight is 315 g/mol. The Morgan fingerprint density at radius 2 is 2.19 bits per heavy atom. The maximum absolute atomic E-state index is 9.01. The van der Waals surface area contributed by atoms with Crippen LogP contribution in [0.2, 0.25) is 0 Å². The van der Waals surface area contributed by atoms with Crippen LogP contribution >= 0.6 is 11.8 Å². The van der Waals surface area contributed by atoms with Crippen LogP contribution in [0.5, 0.6) is 0 Å². The Bertz CT molecular complexity index is 580. The van der Waals surface area contributed by atoms with E-state index in [1.807, 2.05) is 6.26 Å². The Morgan fingerprint density at radius 3 is 2.71 bits per heavy atom. The molecular weight excluding hydrogens is 298 g/mol. The Labute approximate surface area is 124 Å². The standard InChI is InChI=1S/C6H6N4S.C5H11NO4/c1-11-6-4-5(8-2-7-4)9-3-10-6;6-5(9)4-3(8)2(7)1-10-4/h2-3H,1H3,(H,7,8,9,10);2-5,7-9H,1,6H2/t;2-,3-,4-,5?/m.0/s1. The number of hydrogen-bond acceptors (Lipinski definition) is 9. The van der Waals surface area contributed by atoms with Crippen molar-refractivity contribution < 1.29 is 20.1 Å². The molecule has 4 atom stereocenters. The summed E-state index contributed by atoms with van der Waals surface area (Å²) < 4.78 is 4.76. The van der Waals surface area contributed by atoms with Gasteiger partial charge in [0.15, 0.2) is 5.65 Å². The Kier molecular flexibility index (Phi) is 5.45. The largest absolute Gasteiger partial charge is 0.388 e. The van der Waals surface area contributed by atoms with E-state index in [-0.39, 0.29) is 6.61 Å². The third-order valence-electron chi connectivity index (χ3n) is 2.91. The van der Waals surface area contributed by atoms with Gasteiger partial charge in [-0.25, -0.2) is 15.0 Å². The molecule has 10 heteroatoms. The second kappa shape index (κ2) is 7.11. The van der Waals surface area contributed by atoms with Gasteiger partial charge in [-0.15, -0.1) is 11.8 Å². The van der Waals surface area contributed by atoms with Crippen LogP contribution in [0.15, 0.2) is 17.7 Å². The number of nitrogens with zero attached hydrogens (tertiary/aromatic N) is 3. The average Bonchev–Trinajstić information content (AvgIpc) is 3.07. The van der Waals surface area contributed by atoms with E-state index in [1.165, 1.54) is 6.33 Å². The number of rotatable bonds is 2. The zero-order valence-corrected chi connectivity index (χ0v) is 12.1. The van der Waals surface area contributed by atoms with E-state index < -0.39 is 24.5 Å². The van der Waals surface area contributed by atoms with E-state index in [1.54, 1.807) is 18.1 Å². The van der Waals surface area contributed by atoms with Gasteiger partial charge in [-0.1, -0.05) is 0 Å². The van der Waals surface area contributed by atoms with Crippen LogP contribution in [-0.2, 0) is 4.74 Å². The van der Waals surface area contributed by atoms with Gasteiger partial charge in [-0.2, -0.15) is 0 Å². The highest BCUT2D eigenvalue weighted by molar-refractivity contribution is 7.98. The number of thioether (sulfide) groups is 1. The second-order valence-electron chi connectivity index (χ2n) is 4.33. The van der Waals surface area contributed by atoms with Gasteiger partial charge in [0.25, 0.3) is 0 Å². The number of ether oxygens (including phenoxy) is 1. The number of nitrogens with two attached hydrogens (primary N) is 1. The summed E-state index contributed by atoms with van der Waals surface area (Å²) in [6.45, 7) is 0.0279. The van der Waals surface area contributed by atoms with Gasteiger partial charge in [0.05, 0.1) is 12.9 Å². The Balaban J connectivity index is 0.000000155. The van der Waals surface area contributed by atoms with E-state index in [0.29, 0.717) is 0 Å². The first kappa shape index (κ1) is 16.1. The molecule has 0 aliphatic carbocycles. The minimum atomic E-state index is -1.23. The minimum absolute atomic E-state index is 0.0279. The van der Waals surface area contributed by atoms with Crippen molar-refractivity contribution in [2.24, 2.45) is 5.73 Å². The van der Waals surface area contributed by atoms with Crippen molar-refractivity contribution in [3.63, 3.8) is 0 Å². The lowest BCUT2D eigenvalue weighted by Crippen LogP contribution is -2.43. The fraction of sp³-hybridized carbons (Fsp3) is 0.545. The van der Waals surface area contributed by atoms with Gasteiger partial charge in [0.1, 0.15) is 41.4 Å². The van der Waals surface area contributed by atoms with Gasteiger partial charge < -0.3 is 30.8 Å². The van der Waals surface area contributed by atoms with Crippen molar-refractivity contribution in [2.45, 2.75) is 29.6 Å². The number of hydrogen-bond donors (Lipinski definition) is 5. The summed E-state index contributed by atoms with van der Waals surface area (Å²) in [6, 6.07) is 0. The van der Waals surface area contributed by atoms with Crippen LogP contribution in [0.1, 0.15) is 0 Å². The van der Waals surface area contributed by atoms with Crippen LogP contribution in [0.4, 0.5) is 0 Å². The zero-order chi connectivity index (χ0) is 15.4. The molecular formula is C11H17N5O4S. The van der Waals surface area contributed by atoms with Crippen LogP contribution in [0.25, 0.3) is 11.2 Å². The van der Waals surface area contributed by atoms with Gasteiger partial charge in [-0.3, -0.25) is 0 Å². The van der Waals surface area contributed by atoms with E-state index in [0.717, 1.165) is 16.2 Å². The number of aromatic amines is 1. The highest BCUT2D eigenvalue weighted by Gasteiger charge is 2.37. The molecule has 21 heavy (non-hydrogen) atoms. The summed E-state index contributed by atoms with van der Waals surface area (Å²) >= 11 is 1.58. The molecule has 3 heterocycles. The molecule has 3 rings (SSSR count). The summed E-state index contributed by atoms with van der Waals surface area (Å²) in [5, 5.41) is 27.5. The Morgan fingerprint density at radius 1 is 1.43 bits per heavy atom. The number of aliphatic hydroxyl groups excluding tert-OH is 3. The lowest BCUT2D eigenvalue weighted by molar-refractivity contribution is -0.0477. The van der Waals surface area contributed by atoms with E-state index in [9.17, 15) is 0 Å². The SMILES string of the molecule is CSc1ncnc2nc[nH]c12.NC(O)[C@H]1OC[C@H](O)[C@@H]1O. The molecule has 1 unspecified atom stereocenters. The maximum atomic E-state index is 9.01. The first-order chi connectivity index (χ1) is 10.0. The second-order valence-corrected chi connectivity index (χ2v) is 5.13. The number of aliphatic hydroxyl groups is 3. The van der Waals surface area contributed by atoms with E-state index in [4.69, 9.17) is 25.8 Å². The van der Waals surface area contributed by atoms with E-state index >= 15 is 0 Å². The normalized spacial score (nSPS) is 26.4. The molecule has 2 aromatic heterocycles.